The Morgan fingerprint density at radius 2 is 2.30 bits per heavy atom. The van der Waals surface area contributed by atoms with Crippen LogP contribution in [0, 0.1) is 0 Å². The molecule has 0 aliphatic carbocycles. The summed E-state index contributed by atoms with van der Waals surface area (Å²) in [7, 11) is 0. The number of anilines is 1. The predicted octanol–water partition coefficient (Wildman–Crippen LogP) is 0.483. The number of aryl methyl sites for hydroxylation is 1. The number of carbonyl (C=O) groups is 2. The van der Waals surface area contributed by atoms with E-state index < -0.39 is 5.97 Å². The number of aromatic nitrogens is 2. The SMILES string of the molecule is CCOC(=O)c1nc(CC)n(CC2CCC(=O)N2)c1N. The van der Waals surface area contributed by atoms with Gasteiger partial charge in [-0.2, -0.15) is 0 Å². The third-order valence-corrected chi connectivity index (χ3v) is 3.36. The van der Waals surface area contributed by atoms with Gasteiger partial charge in [-0.3, -0.25) is 4.79 Å². The predicted molar refractivity (Wildman–Crippen MR) is 73.1 cm³/mol. The van der Waals surface area contributed by atoms with Crippen molar-refractivity contribution in [3.8, 4) is 0 Å². The minimum Gasteiger partial charge on any atom is -0.461 e. The molecule has 1 aromatic rings. The van der Waals surface area contributed by atoms with Crippen molar-refractivity contribution in [2.75, 3.05) is 12.3 Å². The van der Waals surface area contributed by atoms with Crippen molar-refractivity contribution in [1.29, 1.82) is 0 Å². The Morgan fingerprint density at radius 3 is 2.85 bits per heavy atom. The highest BCUT2D eigenvalue weighted by Gasteiger charge is 2.26. The van der Waals surface area contributed by atoms with Crippen LogP contribution in [-0.4, -0.2) is 34.1 Å². The number of hydrogen-bond donors (Lipinski definition) is 2. The van der Waals surface area contributed by atoms with Crippen LogP contribution in [0.2, 0.25) is 0 Å². The minimum absolute atomic E-state index is 0.0411. The molecule has 0 spiro atoms. The first-order valence-electron chi connectivity index (χ1n) is 6.88. The maximum absolute atomic E-state index is 11.8. The third kappa shape index (κ3) is 2.76. The van der Waals surface area contributed by atoms with E-state index >= 15 is 0 Å². The molecule has 0 bridgehead atoms. The lowest BCUT2D eigenvalue weighted by Gasteiger charge is -2.14. The molecule has 0 radical (unpaired) electrons. The second kappa shape index (κ2) is 5.94. The molecule has 7 nitrogen and oxygen atoms in total. The fourth-order valence-electron chi connectivity index (χ4n) is 2.37. The quantitative estimate of drug-likeness (QED) is 0.764. The van der Waals surface area contributed by atoms with Gasteiger partial charge in [-0.25, -0.2) is 9.78 Å². The lowest BCUT2D eigenvalue weighted by Crippen LogP contribution is -2.30. The summed E-state index contributed by atoms with van der Waals surface area (Å²) >= 11 is 0. The normalized spacial score (nSPS) is 18.1. The van der Waals surface area contributed by atoms with Gasteiger partial charge in [0.2, 0.25) is 5.91 Å². The average Bonchev–Trinajstić information content (AvgIpc) is 2.96. The molecule has 0 aromatic carbocycles. The molecular formula is C13H20N4O3. The zero-order chi connectivity index (χ0) is 14.7. The Hall–Kier alpha value is -2.05. The highest BCUT2D eigenvalue weighted by atomic mass is 16.5. The molecule has 1 amide bonds. The molecule has 1 unspecified atom stereocenters. The number of rotatable bonds is 5. The second-order valence-electron chi connectivity index (χ2n) is 4.75. The monoisotopic (exact) mass is 280 g/mol. The number of nitrogens with one attached hydrogen (secondary N) is 1. The molecule has 0 saturated carbocycles. The molecule has 1 saturated heterocycles. The molecule has 1 aromatic heterocycles. The maximum atomic E-state index is 11.8. The van der Waals surface area contributed by atoms with Crippen LogP contribution in [0.25, 0.3) is 0 Å². The summed E-state index contributed by atoms with van der Waals surface area (Å²) in [6.45, 7) is 4.50. The highest BCUT2D eigenvalue weighted by Crippen LogP contribution is 2.19. The number of esters is 1. The van der Waals surface area contributed by atoms with Gasteiger partial charge in [0.1, 0.15) is 11.6 Å². The van der Waals surface area contributed by atoms with Gasteiger partial charge in [-0.15, -0.1) is 0 Å². The second-order valence-corrected chi connectivity index (χ2v) is 4.75. The van der Waals surface area contributed by atoms with Crippen LogP contribution in [0.5, 0.6) is 0 Å². The van der Waals surface area contributed by atoms with E-state index in [0.29, 0.717) is 25.2 Å². The van der Waals surface area contributed by atoms with Gasteiger partial charge in [-0.1, -0.05) is 6.92 Å². The fourth-order valence-corrected chi connectivity index (χ4v) is 2.37. The first kappa shape index (κ1) is 14.4. The summed E-state index contributed by atoms with van der Waals surface area (Å²) in [5.41, 5.74) is 6.17. The van der Waals surface area contributed by atoms with E-state index in [9.17, 15) is 9.59 Å². The van der Waals surface area contributed by atoms with Crippen LogP contribution in [0.3, 0.4) is 0 Å². The lowest BCUT2D eigenvalue weighted by atomic mass is 10.2. The first-order chi connectivity index (χ1) is 9.56. The number of nitrogen functional groups attached to an aromatic ring is 1. The smallest absolute Gasteiger partial charge is 0.360 e. The molecular weight excluding hydrogens is 260 g/mol. The summed E-state index contributed by atoms with van der Waals surface area (Å²) in [5, 5.41) is 2.89. The fraction of sp³-hybridized carbons (Fsp3) is 0.615. The van der Waals surface area contributed by atoms with Crippen molar-refractivity contribution in [1.82, 2.24) is 14.9 Å². The van der Waals surface area contributed by atoms with Gasteiger partial charge in [0.05, 0.1) is 6.61 Å². The number of imidazole rings is 1. The van der Waals surface area contributed by atoms with E-state index in [0.717, 1.165) is 12.2 Å². The molecule has 1 aliphatic heterocycles. The number of ether oxygens (including phenoxy) is 1. The number of hydrogen-bond acceptors (Lipinski definition) is 5. The largest absolute Gasteiger partial charge is 0.461 e. The van der Waals surface area contributed by atoms with Gasteiger partial charge in [0, 0.05) is 25.4 Å². The van der Waals surface area contributed by atoms with Crippen molar-refractivity contribution in [3.05, 3.63) is 11.5 Å². The first-order valence-corrected chi connectivity index (χ1v) is 6.88. The van der Waals surface area contributed by atoms with Gasteiger partial charge in [-0.05, 0) is 13.3 Å². The van der Waals surface area contributed by atoms with Crippen molar-refractivity contribution in [2.45, 2.75) is 45.7 Å². The summed E-state index contributed by atoms with van der Waals surface area (Å²) in [6, 6.07) is 0.0411. The van der Waals surface area contributed by atoms with Crippen LogP contribution >= 0.6 is 0 Å². The van der Waals surface area contributed by atoms with Gasteiger partial charge < -0.3 is 20.4 Å². The Morgan fingerprint density at radius 1 is 1.55 bits per heavy atom. The highest BCUT2D eigenvalue weighted by molar-refractivity contribution is 5.92. The van der Waals surface area contributed by atoms with Gasteiger partial charge in [0.25, 0.3) is 0 Å². The van der Waals surface area contributed by atoms with E-state index in [-0.39, 0.29) is 24.2 Å². The number of amides is 1. The van der Waals surface area contributed by atoms with Crippen molar-refractivity contribution in [3.63, 3.8) is 0 Å². The maximum Gasteiger partial charge on any atom is 0.360 e. The van der Waals surface area contributed by atoms with Crippen LogP contribution in [0.15, 0.2) is 0 Å². The Labute approximate surface area is 117 Å². The molecule has 1 atom stereocenters. The molecule has 1 aliphatic rings. The van der Waals surface area contributed by atoms with Crippen molar-refractivity contribution >= 4 is 17.7 Å². The van der Waals surface area contributed by atoms with Gasteiger partial charge >= 0.3 is 5.97 Å². The minimum atomic E-state index is -0.506. The zero-order valence-electron chi connectivity index (χ0n) is 11.8. The Bertz CT molecular complexity index is 524. The molecule has 2 rings (SSSR count). The summed E-state index contributed by atoms with van der Waals surface area (Å²) in [5.74, 6) is 0.583. The topological polar surface area (TPSA) is 99.2 Å². The summed E-state index contributed by atoms with van der Waals surface area (Å²) in [4.78, 5) is 27.3. The van der Waals surface area contributed by atoms with E-state index in [4.69, 9.17) is 10.5 Å². The summed E-state index contributed by atoms with van der Waals surface area (Å²) < 4.78 is 6.74. The Balaban J connectivity index is 2.23. The van der Waals surface area contributed by atoms with Crippen molar-refractivity contribution < 1.29 is 14.3 Å². The average molecular weight is 280 g/mol. The number of nitrogens with two attached hydrogens (primary N) is 1. The Kier molecular flexibility index (Phi) is 4.26. The van der Waals surface area contributed by atoms with E-state index in [2.05, 4.69) is 10.3 Å². The molecule has 2 heterocycles. The van der Waals surface area contributed by atoms with Crippen LogP contribution in [0.4, 0.5) is 5.82 Å². The third-order valence-electron chi connectivity index (χ3n) is 3.36. The summed E-state index contributed by atoms with van der Waals surface area (Å²) in [6.07, 6.45) is 1.96. The molecule has 1 fully saturated rings. The van der Waals surface area contributed by atoms with E-state index in [1.54, 1.807) is 11.5 Å². The van der Waals surface area contributed by atoms with E-state index in [1.807, 2.05) is 6.92 Å². The number of carbonyl (C=O) groups excluding carboxylic acids is 2. The molecule has 7 heteroatoms. The number of nitrogens with zero attached hydrogens (tertiary/aromatic N) is 2. The van der Waals surface area contributed by atoms with E-state index in [1.165, 1.54) is 0 Å². The van der Waals surface area contributed by atoms with Crippen LogP contribution in [-0.2, 0) is 22.5 Å². The standard InChI is InChI=1S/C13H20N4O3/c1-3-9-16-11(13(19)20-4-2)12(14)17(9)7-8-5-6-10(18)15-8/h8H,3-7,14H2,1-2H3,(H,15,18). The molecule has 110 valence electrons. The molecule has 3 N–H and O–H groups in total. The lowest BCUT2D eigenvalue weighted by molar-refractivity contribution is -0.119. The molecule has 20 heavy (non-hydrogen) atoms. The van der Waals surface area contributed by atoms with Crippen LogP contribution < -0.4 is 11.1 Å². The van der Waals surface area contributed by atoms with Gasteiger partial charge in [0.15, 0.2) is 5.69 Å². The zero-order valence-corrected chi connectivity index (χ0v) is 11.8. The van der Waals surface area contributed by atoms with Crippen LogP contribution in [0.1, 0.15) is 43.0 Å². The van der Waals surface area contributed by atoms with Crippen molar-refractivity contribution in [2.24, 2.45) is 0 Å².